The van der Waals surface area contributed by atoms with Gasteiger partial charge in [0.2, 0.25) is 5.91 Å². The molecule has 2 unspecified atom stereocenters. The van der Waals surface area contributed by atoms with Crippen LogP contribution in [0.15, 0.2) is 24.3 Å². The van der Waals surface area contributed by atoms with Gasteiger partial charge in [-0.05, 0) is 36.6 Å². The van der Waals surface area contributed by atoms with Gasteiger partial charge in [-0.15, -0.1) is 12.4 Å². The summed E-state index contributed by atoms with van der Waals surface area (Å²) in [4.78, 5) is 23.4. The van der Waals surface area contributed by atoms with Gasteiger partial charge in [0.05, 0.1) is 0 Å². The van der Waals surface area contributed by atoms with Crippen LogP contribution in [0.2, 0.25) is 0 Å². The molecule has 110 valence electrons. The maximum Gasteiger partial charge on any atom is 0.251 e. The second kappa shape index (κ2) is 7.26. The Morgan fingerprint density at radius 1 is 1.30 bits per heavy atom. The Labute approximate surface area is 124 Å². The molecule has 0 heterocycles. The second-order valence-electron chi connectivity index (χ2n) is 4.93. The molecule has 1 aliphatic rings. The molecule has 1 aromatic rings. The first-order valence-corrected chi connectivity index (χ1v) is 6.51. The second-order valence-corrected chi connectivity index (χ2v) is 4.93. The van der Waals surface area contributed by atoms with Gasteiger partial charge >= 0.3 is 0 Å². The number of hydrogen-bond donors (Lipinski definition) is 3. The zero-order chi connectivity index (χ0) is 13.8. The third kappa shape index (κ3) is 4.21. The Kier molecular flexibility index (Phi) is 5.98. The number of anilines is 1. The molecule has 0 aromatic heterocycles. The third-order valence-electron chi connectivity index (χ3n) is 3.29. The maximum absolute atomic E-state index is 11.7. The quantitative estimate of drug-likeness (QED) is 0.768. The first-order chi connectivity index (χ1) is 9.11. The van der Waals surface area contributed by atoms with Gasteiger partial charge < -0.3 is 16.4 Å². The Balaban J connectivity index is 0.00000200. The molecule has 6 heteroatoms. The molecule has 2 atom stereocenters. The number of benzene rings is 1. The van der Waals surface area contributed by atoms with Gasteiger partial charge in [0.15, 0.2) is 0 Å². The predicted octanol–water partition coefficient (Wildman–Crippen LogP) is 1.39. The van der Waals surface area contributed by atoms with Crippen LogP contribution in [-0.2, 0) is 4.79 Å². The summed E-state index contributed by atoms with van der Waals surface area (Å²) in [6.07, 6.45) is 0.964. The first-order valence-electron chi connectivity index (χ1n) is 6.51. The van der Waals surface area contributed by atoms with Gasteiger partial charge in [-0.1, -0.05) is 6.92 Å². The van der Waals surface area contributed by atoms with E-state index in [2.05, 4.69) is 17.6 Å². The van der Waals surface area contributed by atoms with Crippen LogP contribution in [-0.4, -0.2) is 24.9 Å². The summed E-state index contributed by atoms with van der Waals surface area (Å²) in [6, 6.07) is 6.86. The van der Waals surface area contributed by atoms with E-state index in [9.17, 15) is 9.59 Å². The fraction of sp³-hybridized carbons (Fsp3) is 0.429. The average Bonchev–Trinajstić information content (AvgIpc) is 3.14. The average molecular weight is 298 g/mol. The molecule has 0 aliphatic heterocycles. The van der Waals surface area contributed by atoms with Crippen molar-refractivity contribution in [3.63, 3.8) is 0 Å². The number of carbonyl (C=O) groups is 2. The lowest BCUT2D eigenvalue weighted by molar-refractivity contribution is -0.117. The van der Waals surface area contributed by atoms with Crippen LogP contribution in [0, 0.1) is 11.8 Å². The van der Waals surface area contributed by atoms with Crippen LogP contribution in [0.4, 0.5) is 5.69 Å². The zero-order valence-corrected chi connectivity index (χ0v) is 12.2. The lowest BCUT2D eigenvalue weighted by Gasteiger charge is -2.06. The van der Waals surface area contributed by atoms with E-state index in [1.165, 1.54) is 0 Å². The summed E-state index contributed by atoms with van der Waals surface area (Å²) >= 11 is 0. The van der Waals surface area contributed by atoms with Gasteiger partial charge in [0.1, 0.15) is 0 Å². The molecule has 1 aliphatic carbocycles. The third-order valence-corrected chi connectivity index (χ3v) is 3.29. The van der Waals surface area contributed by atoms with Gasteiger partial charge in [-0.3, -0.25) is 9.59 Å². The van der Waals surface area contributed by atoms with Crippen LogP contribution >= 0.6 is 12.4 Å². The minimum Gasteiger partial charge on any atom is -0.351 e. The molecule has 1 fully saturated rings. The Morgan fingerprint density at radius 2 is 1.90 bits per heavy atom. The van der Waals surface area contributed by atoms with Crippen LogP contribution in [0.1, 0.15) is 23.7 Å². The first kappa shape index (κ1) is 16.5. The molecule has 5 nitrogen and oxygen atoms in total. The van der Waals surface area contributed by atoms with Crippen molar-refractivity contribution >= 4 is 29.9 Å². The fourth-order valence-corrected chi connectivity index (χ4v) is 1.92. The van der Waals surface area contributed by atoms with Crippen molar-refractivity contribution in [2.24, 2.45) is 17.6 Å². The topological polar surface area (TPSA) is 84.2 Å². The number of hydrogen-bond acceptors (Lipinski definition) is 3. The minimum absolute atomic E-state index is 0. The Bertz CT molecular complexity index is 476. The van der Waals surface area contributed by atoms with Gasteiger partial charge in [-0.25, -0.2) is 0 Å². The summed E-state index contributed by atoms with van der Waals surface area (Å²) in [6.45, 7) is 2.94. The summed E-state index contributed by atoms with van der Waals surface area (Å²) in [5.74, 6) is 0.542. The molecule has 2 rings (SSSR count). The van der Waals surface area contributed by atoms with E-state index in [0.717, 1.165) is 12.1 Å². The van der Waals surface area contributed by atoms with Crippen molar-refractivity contribution in [1.29, 1.82) is 0 Å². The van der Waals surface area contributed by atoms with E-state index in [-0.39, 0.29) is 30.1 Å². The molecule has 0 radical (unpaired) electrons. The van der Waals surface area contributed by atoms with E-state index in [1.54, 1.807) is 24.3 Å². The Hall–Kier alpha value is -1.59. The van der Waals surface area contributed by atoms with E-state index in [1.807, 2.05) is 0 Å². The molecule has 0 saturated heterocycles. The smallest absolute Gasteiger partial charge is 0.251 e. The number of nitrogens with two attached hydrogens (primary N) is 1. The monoisotopic (exact) mass is 297 g/mol. The SMILES string of the molecule is CC1CC1C(=O)Nc1ccc(C(=O)NCCN)cc1.Cl. The highest BCUT2D eigenvalue weighted by Gasteiger charge is 2.38. The van der Waals surface area contributed by atoms with Crippen molar-refractivity contribution in [3.05, 3.63) is 29.8 Å². The van der Waals surface area contributed by atoms with Crippen LogP contribution in [0.3, 0.4) is 0 Å². The molecule has 0 bridgehead atoms. The van der Waals surface area contributed by atoms with E-state index in [0.29, 0.717) is 24.6 Å². The molecular weight excluding hydrogens is 278 g/mol. The maximum atomic E-state index is 11.7. The molecule has 1 saturated carbocycles. The lowest BCUT2D eigenvalue weighted by Crippen LogP contribution is -2.28. The van der Waals surface area contributed by atoms with Crippen molar-refractivity contribution in [2.75, 3.05) is 18.4 Å². The normalized spacial score (nSPS) is 19.7. The van der Waals surface area contributed by atoms with Crippen molar-refractivity contribution in [2.45, 2.75) is 13.3 Å². The molecule has 2 amide bonds. The van der Waals surface area contributed by atoms with Gasteiger partial charge in [-0.2, -0.15) is 0 Å². The van der Waals surface area contributed by atoms with Gasteiger partial charge in [0, 0.05) is 30.3 Å². The number of carbonyl (C=O) groups excluding carboxylic acids is 2. The van der Waals surface area contributed by atoms with Crippen molar-refractivity contribution in [3.8, 4) is 0 Å². The number of nitrogens with one attached hydrogen (secondary N) is 2. The Morgan fingerprint density at radius 3 is 2.40 bits per heavy atom. The molecule has 1 aromatic carbocycles. The van der Waals surface area contributed by atoms with E-state index in [4.69, 9.17) is 5.73 Å². The summed E-state index contributed by atoms with van der Waals surface area (Å²) in [7, 11) is 0. The highest BCUT2D eigenvalue weighted by Crippen LogP contribution is 2.38. The minimum atomic E-state index is -0.154. The molecule has 0 spiro atoms. The number of amides is 2. The van der Waals surface area contributed by atoms with Gasteiger partial charge in [0.25, 0.3) is 5.91 Å². The van der Waals surface area contributed by atoms with Crippen molar-refractivity contribution < 1.29 is 9.59 Å². The summed E-state index contributed by atoms with van der Waals surface area (Å²) in [5.41, 5.74) is 6.60. The summed E-state index contributed by atoms with van der Waals surface area (Å²) in [5, 5.41) is 5.54. The molecule has 4 N–H and O–H groups in total. The van der Waals surface area contributed by atoms with Crippen LogP contribution < -0.4 is 16.4 Å². The highest BCUT2D eigenvalue weighted by atomic mass is 35.5. The van der Waals surface area contributed by atoms with E-state index >= 15 is 0 Å². The highest BCUT2D eigenvalue weighted by molar-refractivity contribution is 5.96. The van der Waals surface area contributed by atoms with Crippen molar-refractivity contribution in [1.82, 2.24) is 5.32 Å². The number of rotatable bonds is 5. The predicted molar refractivity (Wildman–Crippen MR) is 81.0 cm³/mol. The van der Waals surface area contributed by atoms with Crippen LogP contribution in [0.5, 0.6) is 0 Å². The fourth-order valence-electron chi connectivity index (χ4n) is 1.92. The largest absolute Gasteiger partial charge is 0.351 e. The molecular formula is C14H20ClN3O2. The summed E-state index contributed by atoms with van der Waals surface area (Å²) < 4.78 is 0. The standard InChI is InChI=1S/C14H19N3O2.ClH/c1-9-8-12(9)14(19)17-11-4-2-10(3-5-11)13(18)16-7-6-15;/h2-5,9,12H,6-8,15H2,1H3,(H,16,18)(H,17,19);1H. The van der Waals surface area contributed by atoms with Crippen LogP contribution in [0.25, 0.3) is 0 Å². The number of halogens is 1. The lowest BCUT2D eigenvalue weighted by atomic mass is 10.2. The molecule has 20 heavy (non-hydrogen) atoms. The van der Waals surface area contributed by atoms with E-state index < -0.39 is 0 Å². The zero-order valence-electron chi connectivity index (χ0n) is 11.4.